The monoisotopic (exact) mass is 372 g/mol. The number of carbonyl (C=O) groups excluding carboxylic acids is 1. The Labute approximate surface area is 154 Å². The summed E-state index contributed by atoms with van der Waals surface area (Å²) in [7, 11) is -3.78. The Hall–Kier alpha value is -2.02. The molecule has 26 heavy (non-hydrogen) atoms. The highest BCUT2D eigenvalue weighted by Crippen LogP contribution is 2.26. The van der Waals surface area contributed by atoms with Crippen molar-refractivity contribution in [3.8, 4) is 0 Å². The van der Waals surface area contributed by atoms with E-state index in [2.05, 4.69) is 17.0 Å². The molecule has 3 rings (SSSR count). The Morgan fingerprint density at radius 2 is 1.81 bits per heavy atom. The third kappa shape index (κ3) is 4.20. The van der Waals surface area contributed by atoms with Crippen LogP contribution in [0.2, 0.25) is 0 Å². The second-order valence-electron chi connectivity index (χ2n) is 7.11. The number of ketones is 1. The minimum atomic E-state index is -3.78. The van der Waals surface area contributed by atoms with E-state index in [0.29, 0.717) is 12.1 Å². The molecule has 5 nitrogen and oxygen atoms in total. The third-order valence-electron chi connectivity index (χ3n) is 4.83. The number of nitrogens with one attached hydrogen (secondary N) is 2. The second kappa shape index (κ2) is 7.70. The molecule has 6 heteroatoms. The van der Waals surface area contributed by atoms with E-state index in [9.17, 15) is 13.2 Å². The summed E-state index contributed by atoms with van der Waals surface area (Å²) in [4.78, 5) is 12.8. The van der Waals surface area contributed by atoms with Crippen LogP contribution in [0.1, 0.15) is 35.7 Å². The van der Waals surface area contributed by atoms with Crippen molar-refractivity contribution in [3.63, 3.8) is 0 Å². The summed E-state index contributed by atoms with van der Waals surface area (Å²) in [5.41, 5.74) is 0.542. The molecule has 2 aromatic carbocycles. The topological polar surface area (TPSA) is 75.3 Å². The van der Waals surface area contributed by atoms with Crippen molar-refractivity contribution in [3.05, 3.63) is 65.7 Å². The molecule has 2 N–H and O–H groups in total. The number of sulfonamides is 1. The average molecular weight is 372 g/mol. The number of hydrogen-bond acceptors (Lipinski definition) is 4. The molecule has 1 unspecified atom stereocenters. The predicted octanol–water partition coefficient (Wildman–Crippen LogP) is 2.59. The van der Waals surface area contributed by atoms with Crippen LogP contribution in [-0.4, -0.2) is 33.8 Å². The normalized spacial score (nSPS) is 20.7. The molecule has 0 aliphatic carbocycles. The molecular weight excluding hydrogens is 348 g/mol. The van der Waals surface area contributed by atoms with Gasteiger partial charge in [0.15, 0.2) is 5.78 Å². The van der Waals surface area contributed by atoms with Gasteiger partial charge in [-0.1, -0.05) is 49.4 Å². The molecule has 1 atom stereocenters. The predicted molar refractivity (Wildman–Crippen MR) is 102 cm³/mol. The molecule has 0 amide bonds. The van der Waals surface area contributed by atoms with Gasteiger partial charge in [0.05, 0.1) is 4.90 Å². The molecule has 0 spiro atoms. The zero-order valence-electron chi connectivity index (χ0n) is 14.9. The highest BCUT2D eigenvalue weighted by Gasteiger charge is 2.30. The molecule has 0 aromatic heterocycles. The molecule has 1 aliphatic rings. The lowest BCUT2D eigenvalue weighted by molar-refractivity contribution is 0.103. The number of carbonyl (C=O) groups is 1. The minimum absolute atomic E-state index is 0.0289. The van der Waals surface area contributed by atoms with Crippen molar-refractivity contribution >= 4 is 15.8 Å². The van der Waals surface area contributed by atoms with Crippen LogP contribution in [0.4, 0.5) is 0 Å². The first-order valence-corrected chi connectivity index (χ1v) is 10.3. The van der Waals surface area contributed by atoms with Crippen LogP contribution in [-0.2, 0) is 10.0 Å². The summed E-state index contributed by atoms with van der Waals surface area (Å²) < 4.78 is 28.5. The van der Waals surface area contributed by atoms with Crippen molar-refractivity contribution in [1.29, 1.82) is 0 Å². The van der Waals surface area contributed by atoms with Crippen LogP contribution < -0.4 is 10.0 Å². The summed E-state index contributed by atoms with van der Waals surface area (Å²) in [6, 6.07) is 15.1. The highest BCUT2D eigenvalue weighted by atomic mass is 32.2. The maximum absolute atomic E-state index is 12.9. The Morgan fingerprint density at radius 3 is 2.50 bits per heavy atom. The lowest BCUT2D eigenvalue weighted by Crippen LogP contribution is -2.45. The van der Waals surface area contributed by atoms with Gasteiger partial charge in [-0.3, -0.25) is 4.79 Å². The average Bonchev–Trinajstić information content (AvgIpc) is 2.67. The fraction of sp³-hybridized carbons (Fsp3) is 0.350. The SMILES string of the molecule is CC1(CNS(=O)(=O)c2ccccc2C(=O)c2ccccc2)CCCNC1. The van der Waals surface area contributed by atoms with Gasteiger partial charge in [-0.15, -0.1) is 0 Å². The van der Waals surface area contributed by atoms with E-state index < -0.39 is 10.0 Å². The quantitative estimate of drug-likeness (QED) is 0.765. The standard InChI is InChI=1S/C20H24N2O3S/c1-20(12-7-13-21-14-20)15-22-26(24,25)18-11-6-5-10-17(18)19(23)16-8-3-2-4-9-16/h2-6,8-11,21-22H,7,12-15H2,1H3. The van der Waals surface area contributed by atoms with Crippen LogP contribution >= 0.6 is 0 Å². The number of hydrogen-bond donors (Lipinski definition) is 2. The van der Waals surface area contributed by atoms with Gasteiger partial charge in [-0.25, -0.2) is 13.1 Å². The molecule has 1 saturated heterocycles. The highest BCUT2D eigenvalue weighted by molar-refractivity contribution is 7.89. The number of rotatable bonds is 6. The maximum atomic E-state index is 12.9. The molecule has 1 aliphatic heterocycles. The van der Waals surface area contributed by atoms with Crippen LogP contribution in [0.25, 0.3) is 0 Å². The van der Waals surface area contributed by atoms with Gasteiger partial charge in [0.2, 0.25) is 10.0 Å². The minimum Gasteiger partial charge on any atom is -0.316 e. The fourth-order valence-corrected chi connectivity index (χ4v) is 4.65. The molecular formula is C20H24N2O3S. The Morgan fingerprint density at radius 1 is 1.12 bits per heavy atom. The fourth-order valence-electron chi connectivity index (χ4n) is 3.25. The van der Waals surface area contributed by atoms with E-state index >= 15 is 0 Å². The van der Waals surface area contributed by atoms with Gasteiger partial charge in [-0.05, 0) is 36.9 Å². The molecule has 0 radical (unpaired) electrons. The van der Waals surface area contributed by atoms with Crippen LogP contribution in [0, 0.1) is 5.41 Å². The summed E-state index contributed by atoms with van der Waals surface area (Å²) in [5.74, 6) is -0.294. The number of benzene rings is 2. The smallest absolute Gasteiger partial charge is 0.241 e. The van der Waals surface area contributed by atoms with Crippen molar-refractivity contribution in [2.45, 2.75) is 24.7 Å². The molecule has 1 heterocycles. The molecule has 1 fully saturated rings. The zero-order chi connectivity index (χ0) is 18.6. The number of piperidine rings is 1. The van der Waals surface area contributed by atoms with Gasteiger partial charge in [0, 0.05) is 24.2 Å². The van der Waals surface area contributed by atoms with Crippen LogP contribution in [0.3, 0.4) is 0 Å². The molecule has 2 aromatic rings. The van der Waals surface area contributed by atoms with E-state index in [4.69, 9.17) is 0 Å². The zero-order valence-corrected chi connectivity index (χ0v) is 15.7. The largest absolute Gasteiger partial charge is 0.316 e. The lowest BCUT2D eigenvalue weighted by Gasteiger charge is -2.34. The van der Waals surface area contributed by atoms with Crippen LogP contribution in [0.5, 0.6) is 0 Å². The summed E-state index contributed by atoms with van der Waals surface area (Å²) in [5, 5.41) is 3.31. The lowest BCUT2D eigenvalue weighted by atomic mass is 9.83. The van der Waals surface area contributed by atoms with Crippen molar-refractivity contribution in [2.24, 2.45) is 5.41 Å². The Bertz CT molecular complexity index is 873. The van der Waals surface area contributed by atoms with Gasteiger partial charge >= 0.3 is 0 Å². The van der Waals surface area contributed by atoms with Gasteiger partial charge in [-0.2, -0.15) is 0 Å². The Balaban J connectivity index is 1.85. The van der Waals surface area contributed by atoms with Crippen LogP contribution in [0.15, 0.2) is 59.5 Å². The first-order valence-electron chi connectivity index (χ1n) is 8.81. The first kappa shape index (κ1) is 18.8. The third-order valence-corrected chi connectivity index (χ3v) is 6.29. The van der Waals surface area contributed by atoms with E-state index in [-0.39, 0.29) is 21.7 Å². The van der Waals surface area contributed by atoms with E-state index in [1.165, 1.54) is 6.07 Å². The van der Waals surface area contributed by atoms with Crippen molar-refractivity contribution in [1.82, 2.24) is 10.0 Å². The Kier molecular flexibility index (Phi) is 5.55. The van der Waals surface area contributed by atoms with E-state index in [1.54, 1.807) is 42.5 Å². The van der Waals surface area contributed by atoms with Gasteiger partial charge in [0.25, 0.3) is 0 Å². The van der Waals surface area contributed by atoms with Crippen molar-refractivity contribution < 1.29 is 13.2 Å². The maximum Gasteiger partial charge on any atom is 0.241 e. The van der Waals surface area contributed by atoms with E-state index in [1.807, 2.05) is 6.07 Å². The summed E-state index contributed by atoms with van der Waals surface area (Å²) >= 11 is 0. The van der Waals surface area contributed by atoms with Crippen molar-refractivity contribution in [2.75, 3.05) is 19.6 Å². The summed E-state index contributed by atoms with van der Waals surface area (Å²) in [6.07, 6.45) is 1.99. The molecule has 0 saturated carbocycles. The van der Waals surface area contributed by atoms with Gasteiger partial charge in [0.1, 0.15) is 0 Å². The second-order valence-corrected chi connectivity index (χ2v) is 8.84. The molecule has 0 bridgehead atoms. The summed E-state index contributed by atoms with van der Waals surface area (Å²) in [6.45, 7) is 4.16. The molecule has 138 valence electrons. The first-order chi connectivity index (χ1) is 12.4. The van der Waals surface area contributed by atoms with E-state index in [0.717, 1.165) is 25.9 Å². The van der Waals surface area contributed by atoms with Gasteiger partial charge < -0.3 is 5.32 Å².